The van der Waals surface area contributed by atoms with Crippen molar-refractivity contribution in [2.45, 2.75) is 20.8 Å². The van der Waals surface area contributed by atoms with Crippen molar-refractivity contribution < 1.29 is 23.9 Å². The molecule has 0 bridgehead atoms. The smallest absolute Gasteiger partial charge is 0.237 e. The molecule has 0 amide bonds. The summed E-state index contributed by atoms with van der Waals surface area (Å²) in [5.74, 6) is 4.90. The van der Waals surface area contributed by atoms with Crippen molar-refractivity contribution in [3.63, 3.8) is 0 Å². The normalized spacial score (nSPS) is 11.2. The highest BCUT2D eigenvalue weighted by Crippen LogP contribution is 2.12. The summed E-state index contributed by atoms with van der Waals surface area (Å²) in [6, 6.07) is 14.8. The minimum absolute atomic E-state index is 0.0431. The summed E-state index contributed by atoms with van der Waals surface area (Å²) in [5, 5.41) is 11.2. The predicted molar refractivity (Wildman–Crippen MR) is 154 cm³/mol. The highest BCUT2D eigenvalue weighted by atomic mass is 35.5. The van der Waals surface area contributed by atoms with E-state index in [1.165, 1.54) is 6.21 Å². The molecule has 0 saturated carbocycles. The third kappa shape index (κ3) is 20.0. The lowest BCUT2D eigenvalue weighted by Crippen LogP contribution is -2.33. The Kier molecular flexibility index (Phi) is 22.2. The molecule has 8 N–H and O–H groups in total. The minimum Gasteiger partial charge on any atom is -0.379 e. The molecule has 2 rings (SSSR count). The molecule has 0 aliphatic carbocycles. The first-order valence-corrected chi connectivity index (χ1v) is 12.3. The number of nitrogens with two attached hydrogens (primary N) is 3. The van der Waals surface area contributed by atoms with Crippen LogP contribution >= 0.6 is 11.6 Å². The second kappa shape index (κ2) is 24.6. The summed E-state index contributed by atoms with van der Waals surface area (Å²) >= 11 is 5.95. The number of hydroxylamine groups is 2. The molecule has 0 aliphatic heterocycles. The molecule has 0 heterocycles. The van der Waals surface area contributed by atoms with E-state index < -0.39 is 0 Å². The third-order valence-corrected chi connectivity index (χ3v) is 4.49. The van der Waals surface area contributed by atoms with Crippen LogP contribution in [0.1, 0.15) is 35.3 Å². The lowest BCUT2D eigenvalue weighted by atomic mass is 10.1. The minimum atomic E-state index is 0.0431. The van der Waals surface area contributed by atoms with E-state index in [4.69, 9.17) is 48.1 Å². The zero-order valence-corrected chi connectivity index (χ0v) is 23.3. The van der Waals surface area contributed by atoms with Gasteiger partial charge in [0.15, 0.2) is 0 Å². The summed E-state index contributed by atoms with van der Waals surface area (Å²) in [4.78, 5) is 20.0. The van der Waals surface area contributed by atoms with Crippen LogP contribution in [-0.2, 0) is 19.1 Å². The first-order valence-electron chi connectivity index (χ1n) is 12.0. The van der Waals surface area contributed by atoms with Crippen molar-refractivity contribution >= 4 is 36.0 Å². The third-order valence-electron chi connectivity index (χ3n) is 4.14. The van der Waals surface area contributed by atoms with Gasteiger partial charge in [-0.15, -0.1) is 10.2 Å². The van der Waals surface area contributed by atoms with Crippen LogP contribution in [0.15, 0.2) is 63.8 Å². The number of hydrogen-bond acceptors (Lipinski definition) is 9. The van der Waals surface area contributed by atoms with Crippen molar-refractivity contribution in [1.82, 2.24) is 11.0 Å². The summed E-state index contributed by atoms with van der Waals surface area (Å²) in [6.07, 6.45) is 2.38. The Balaban J connectivity index is 0.000000611. The Labute approximate surface area is 234 Å². The van der Waals surface area contributed by atoms with Gasteiger partial charge in [-0.05, 0) is 32.4 Å². The van der Waals surface area contributed by atoms with Gasteiger partial charge in [0.1, 0.15) is 6.29 Å². The monoisotopic (exact) mass is 566 g/mol. The number of ether oxygens (including phenoxy) is 2. The number of guanidine groups is 2. The molecule has 14 heteroatoms. The zero-order chi connectivity index (χ0) is 29.1. The number of nitrogens with zero attached hydrogens (tertiary/aromatic N) is 3. The van der Waals surface area contributed by atoms with Gasteiger partial charge in [-0.25, -0.2) is 11.0 Å². The molecule has 0 atom stereocenters. The molecule has 0 aliphatic rings. The highest BCUT2D eigenvalue weighted by Gasteiger charge is 1.94. The highest BCUT2D eigenvalue weighted by molar-refractivity contribution is 6.33. The number of rotatable bonds is 13. The topological polar surface area (TPSA) is 193 Å². The van der Waals surface area contributed by atoms with Crippen LogP contribution in [0.2, 0.25) is 5.02 Å². The molecule has 2 aromatic carbocycles. The summed E-state index contributed by atoms with van der Waals surface area (Å²) in [5.41, 5.74) is 18.0. The number of benzene rings is 2. The number of aryl methyl sites for hydroxylation is 1. The largest absolute Gasteiger partial charge is 0.379 e. The van der Waals surface area contributed by atoms with Crippen molar-refractivity contribution in [3.8, 4) is 0 Å². The number of hydrazone groups is 1. The average Bonchev–Trinajstić information content (AvgIpc) is 2.94. The molecule has 2 aromatic rings. The van der Waals surface area contributed by atoms with Gasteiger partial charge in [0, 0.05) is 29.4 Å². The first kappa shape index (κ1) is 35.2. The number of nitrogens with one attached hydrogen (secondary N) is 2. The van der Waals surface area contributed by atoms with E-state index >= 15 is 0 Å². The number of carbonyl (C=O) groups is 1. The number of aldehydes is 1. The van der Waals surface area contributed by atoms with Gasteiger partial charge >= 0.3 is 0 Å². The fourth-order valence-corrected chi connectivity index (χ4v) is 2.42. The molecule has 0 saturated heterocycles. The molecule has 0 unspecified atom stereocenters. The number of halogens is 1. The molecule has 39 heavy (non-hydrogen) atoms. The molecule has 0 aromatic heterocycles. The van der Waals surface area contributed by atoms with Crippen molar-refractivity contribution in [2.24, 2.45) is 32.6 Å². The van der Waals surface area contributed by atoms with Gasteiger partial charge in [-0.2, -0.15) is 5.10 Å². The summed E-state index contributed by atoms with van der Waals surface area (Å²) in [7, 11) is 0. The summed E-state index contributed by atoms with van der Waals surface area (Å²) < 4.78 is 10.0. The quantitative estimate of drug-likeness (QED) is 0.0598. The molecule has 216 valence electrons. The van der Waals surface area contributed by atoms with E-state index in [-0.39, 0.29) is 11.9 Å². The Bertz CT molecular complexity index is 1010. The Morgan fingerprint density at radius 3 is 1.90 bits per heavy atom. The molecule has 0 spiro atoms. The maximum absolute atomic E-state index is 10.2. The van der Waals surface area contributed by atoms with Crippen LogP contribution in [-0.4, -0.2) is 64.1 Å². The molecular formula is C25H39ClN8O5. The second-order valence-corrected chi connectivity index (χ2v) is 7.44. The lowest BCUT2D eigenvalue weighted by molar-refractivity contribution is 0.0246. The standard InChI is InChI=1S/C12H17ClN4O2.C8H8O.C5H14N4O2/c1-2-18-7-8-19-17-12(14)16-15-9-10-5-3-4-6-11(10)13;1-7-4-2-3-5-8(7)6-9;1-2-10-3-4-11-9-5(6)8-7/h3-6,9H,2,7-8H2,1H3,(H3,14,16,17);2-6H,1H3;2-4,7H2,1H3,(H3,6,8,9)/b15-9+;;. The van der Waals surface area contributed by atoms with E-state index in [0.717, 1.165) is 23.0 Å². The predicted octanol–water partition coefficient (Wildman–Crippen LogP) is 2.09. The molecule has 0 radical (unpaired) electrons. The SMILES string of the molecule is CCOCCONC(N)=N/N=C/c1ccccc1Cl.CCOCCONC(N)=NN.Cc1ccccc1C=O. The van der Waals surface area contributed by atoms with Gasteiger partial charge in [-0.3, -0.25) is 14.5 Å². The van der Waals surface area contributed by atoms with Gasteiger partial charge in [0.05, 0.1) is 32.6 Å². The first-order chi connectivity index (χ1) is 18.9. The molecular weight excluding hydrogens is 528 g/mol. The van der Waals surface area contributed by atoms with Crippen LogP contribution in [0.3, 0.4) is 0 Å². The van der Waals surface area contributed by atoms with Crippen molar-refractivity contribution in [2.75, 3.05) is 39.6 Å². The molecule has 13 nitrogen and oxygen atoms in total. The van der Waals surface area contributed by atoms with E-state index in [1.807, 2.05) is 63.2 Å². The number of carbonyl (C=O) groups excluding carboxylic acids is 1. The zero-order valence-electron chi connectivity index (χ0n) is 22.5. The molecule has 0 fully saturated rings. The van der Waals surface area contributed by atoms with Gasteiger partial charge in [-0.1, -0.05) is 54.1 Å². The second-order valence-electron chi connectivity index (χ2n) is 7.03. The van der Waals surface area contributed by atoms with Gasteiger partial charge in [0.2, 0.25) is 11.9 Å². The average molecular weight is 567 g/mol. The fourth-order valence-electron chi connectivity index (χ4n) is 2.24. The number of hydrogen-bond donors (Lipinski definition) is 5. The Morgan fingerprint density at radius 2 is 1.41 bits per heavy atom. The van der Waals surface area contributed by atoms with Crippen LogP contribution < -0.4 is 28.3 Å². The van der Waals surface area contributed by atoms with E-state index in [1.54, 1.807) is 6.07 Å². The van der Waals surface area contributed by atoms with Crippen molar-refractivity contribution in [3.05, 3.63) is 70.2 Å². The van der Waals surface area contributed by atoms with Crippen LogP contribution in [0.4, 0.5) is 0 Å². The Morgan fingerprint density at radius 1 is 0.872 bits per heavy atom. The van der Waals surface area contributed by atoms with Crippen LogP contribution in [0.5, 0.6) is 0 Å². The van der Waals surface area contributed by atoms with Crippen LogP contribution in [0.25, 0.3) is 0 Å². The van der Waals surface area contributed by atoms with E-state index in [2.05, 4.69) is 26.3 Å². The maximum Gasteiger partial charge on any atom is 0.237 e. The van der Waals surface area contributed by atoms with E-state index in [0.29, 0.717) is 44.7 Å². The van der Waals surface area contributed by atoms with Crippen LogP contribution in [0, 0.1) is 6.92 Å². The van der Waals surface area contributed by atoms with E-state index in [9.17, 15) is 4.79 Å². The van der Waals surface area contributed by atoms with Crippen molar-refractivity contribution in [1.29, 1.82) is 0 Å². The summed E-state index contributed by atoms with van der Waals surface area (Å²) in [6.45, 7) is 8.84. The van der Waals surface area contributed by atoms with Gasteiger partial charge in [0.25, 0.3) is 0 Å². The van der Waals surface area contributed by atoms with Gasteiger partial charge < -0.3 is 26.8 Å². The Hall–Kier alpha value is -3.75. The lowest BCUT2D eigenvalue weighted by Gasteiger charge is -2.04. The maximum atomic E-state index is 10.2. The fraction of sp³-hybridized carbons (Fsp3) is 0.360.